The molecule has 1 aliphatic carbocycles. The van der Waals surface area contributed by atoms with Crippen LogP contribution < -0.4 is 10.6 Å². The maximum absolute atomic E-state index is 12.2. The molecule has 1 amide bonds. The van der Waals surface area contributed by atoms with E-state index in [0.717, 1.165) is 0 Å². The summed E-state index contributed by atoms with van der Waals surface area (Å²) >= 11 is 1.72. The highest BCUT2D eigenvalue weighted by Gasteiger charge is 2.28. The van der Waals surface area contributed by atoms with Gasteiger partial charge < -0.3 is 5.32 Å². The lowest BCUT2D eigenvalue weighted by Crippen LogP contribution is -2.41. The van der Waals surface area contributed by atoms with Gasteiger partial charge in [-0.25, -0.2) is 0 Å². The van der Waals surface area contributed by atoms with Crippen LogP contribution in [0.1, 0.15) is 41.8 Å². The van der Waals surface area contributed by atoms with Crippen molar-refractivity contribution in [2.24, 2.45) is 5.92 Å². The monoisotopic (exact) mass is 328 g/mol. The molecule has 0 radical (unpaired) electrons. The fraction of sp³-hybridized carbons (Fsp3) is 0.421. The molecule has 0 aliphatic heterocycles. The first-order chi connectivity index (χ1) is 11.1. The molecular formula is C19H24N2OS. The van der Waals surface area contributed by atoms with Crippen LogP contribution in [-0.4, -0.2) is 18.5 Å². The van der Waals surface area contributed by atoms with Gasteiger partial charge in [0.05, 0.1) is 12.6 Å². The lowest BCUT2D eigenvalue weighted by atomic mass is 10.0. The smallest absolute Gasteiger partial charge is 0.234 e. The summed E-state index contributed by atoms with van der Waals surface area (Å²) < 4.78 is 0. The van der Waals surface area contributed by atoms with Gasteiger partial charge in [-0.1, -0.05) is 35.9 Å². The fourth-order valence-corrected chi connectivity index (χ4v) is 3.64. The first-order valence-electron chi connectivity index (χ1n) is 8.26. The zero-order valence-electron chi connectivity index (χ0n) is 13.7. The van der Waals surface area contributed by atoms with E-state index in [4.69, 9.17) is 0 Å². The van der Waals surface area contributed by atoms with Gasteiger partial charge in [-0.15, -0.1) is 11.3 Å². The zero-order valence-corrected chi connectivity index (χ0v) is 14.5. The Balaban J connectivity index is 1.64. The number of thiophene rings is 1. The summed E-state index contributed by atoms with van der Waals surface area (Å²) in [5.41, 5.74) is 2.44. The van der Waals surface area contributed by atoms with E-state index < -0.39 is 0 Å². The van der Waals surface area contributed by atoms with Crippen molar-refractivity contribution in [3.63, 3.8) is 0 Å². The molecule has 1 heterocycles. The molecule has 4 heteroatoms. The number of rotatable bonds is 7. The second-order valence-electron chi connectivity index (χ2n) is 6.43. The molecule has 1 fully saturated rings. The molecule has 1 aromatic carbocycles. The van der Waals surface area contributed by atoms with Crippen LogP contribution >= 0.6 is 11.3 Å². The molecule has 122 valence electrons. The maximum atomic E-state index is 12.2. The maximum Gasteiger partial charge on any atom is 0.234 e. The predicted octanol–water partition coefficient (Wildman–Crippen LogP) is 3.65. The average Bonchev–Trinajstić information content (AvgIpc) is 3.26. The van der Waals surface area contributed by atoms with Crippen molar-refractivity contribution < 1.29 is 4.79 Å². The third-order valence-electron chi connectivity index (χ3n) is 4.42. The van der Waals surface area contributed by atoms with Crippen molar-refractivity contribution in [1.82, 2.24) is 10.6 Å². The Morgan fingerprint density at radius 2 is 2.00 bits per heavy atom. The molecule has 0 unspecified atom stereocenters. The molecule has 3 rings (SSSR count). The topological polar surface area (TPSA) is 41.1 Å². The highest BCUT2D eigenvalue weighted by Crippen LogP contribution is 2.32. The van der Waals surface area contributed by atoms with Gasteiger partial charge in [0.1, 0.15) is 0 Å². The summed E-state index contributed by atoms with van der Waals surface area (Å²) in [6.07, 6.45) is 2.49. The number of benzene rings is 1. The molecule has 0 saturated heterocycles. The van der Waals surface area contributed by atoms with Gasteiger partial charge in [0.2, 0.25) is 5.91 Å². The van der Waals surface area contributed by atoms with E-state index in [-0.39, 0.29) is 11.9 Å². The standard InChI is InChI=1S/C19H24N2OS/c1-13-5-7-16(8-6-13)19(17-4-3-11-23-17)20-12-18(22)21-14(2)15-9-10-15/h3-8,11,14-15,19-20H,9-10,12H2,1-2H3,(H,21,22)/t14-,19+/m0/s1. The van der Waals surface area contributed by atoms with Crippen LogP contribution in [0.25, 0.3) is 0 Å². The summed E-state index contributed by atoms with van der Waals surface area (Å²) in [7, 11) is 0. The Kier molecular flexibility index (Phi) is 5.13. The molecule has 0 spiro atoms. The lowest BCUT2D eigenvalue weighted by molar-refractivity contribution is -0.121. The van der Waals surface area contributed by atoms with Crippen LogP contribution in [0, 0.1) is 12.8 Å². The summed E-state index contributed by atoms with van der Waals surface area (Å²) in [6.45, 7) is 4.53. The van der Waals surface area contributed by atoms with Crippen molar-refractivity contribution in [1.29, 1.82) is 0 Å². The Morgan fingerprint density at radius 3 is 2.61 bits per heavy atom. The minimum Gasteiger partial charge on any atom is -0.352 e. The molecular weight excluding hydrogens is 304 g/mol. The molecule has 0 bridgehead atoms. The summed E-state index contributed by atoms with van der Waals surface area (Å²) in [6, 6.07) is 13.0. The Bertz CT molecular complexity index is 632. The van der Waals surface area contributed by atoms with Crippen LogP contribution in [-0.2, 0) is 4.79 Å². The molecule has 1 saturated carbocycles. The first kappa shape index (κ1) is 16.2. The van der Waals surface area contributed by atoms with Gasteiger partial charge in [0, 0.05) is 10.9 Å². The summed E-state index contributed by atoms with van der Waals surface area (Å²) in [5, 5.41) is 8.60. The number of nitrogens with one attached hydrogen (secondary N) is 2. The Hall–Kier alpha value is -1.65. The van der Waals surface area contributed by atoms with E-state index in [2.05, 4.69) is 66.3 Å². The molecule has 1 aliphatic rings. The molecule has 1 aromatic heterocycles. The second-order valence-corrected chi connectivity index (χ2v) is 7.41. The molecule has 2 N–H and O–H groups in total. The normalized spacial score (nSPS) is 16.8. The molecule has 23 heavy (non-hydrogen) atoms. The lowest BCUT2D eigenvalue weighted by Gasteiger charge is -2.19. The van der Waals surface area contributed by atoms with Crippen molar-refractivity contribution in [3.05, 3.63) is 57.8 Å². The van der Waals surface area contributed by atoms with Crippen molar-refractivity contribution in [3.8, 4) is 0 Å². The van der Waals surface area contributed by atoms with E-state index in [1.54, 1.807) is 11.3 Å². The minimum atomic E-state index is 0.0672. The van der Waals surface area contributed by atoms with E-state index >= 15 is 0 Å². The highest BCUT2D eigenvalue weighted by atomic mass is 32.1. The number of amides is 1. The molecule has 2 aromatic rings. The fourth-order valence-electron chi connectivity index (χ4n) is 2.81. The van der Waals surface area contributed by atoms with E-state index in [1.165, 1.54) is 28.8 Å². The number of hydrogen-bond acceptors (Lipinski definition) is 3. The van der Waals surface area contributed by atoms with E-state index in [1.807, 2.05) is 0 Å². The van der Waals surface area contributed by atoms with Crippen LogP contribution in [0.2, 0.25) is 0 Å². The van der Waals surface area contributed by atoms with Gasteiger partial charge in [-0.2, -0.15) is 0 Å². The van der Waals surface area contributed by atoms with Crippen molar-refractivity contribution in [2.45, 2.75) is 38.8 Å². The van der Waals surface area contributed by atoms with Gasteiger partial charge >= 0.3 is 0 Å². The summed E-state index contributed by atoms with van der Waals surface area (Å²) in [4.78, 5) is 13.4. The van der Waals surface area contributed by atoms with Gasteiger partial charge in [-0.05, 0) is 49.6 Å². The third kappa shape index (κ3) is 4.43. The molecule has 3 nitrogen and oxygen atoms in total. The SMILES string of the molecule is Cc1ccc([C@@H](NCC(=O)N[C@@H](C)C2CC2)c2cccs2)cc1. The van der Waals surface area contributed by atoms with Crippen molar-refractivity contribution in [2.75, 3.05) is 6.54 Å². The van der Waals surface area contributed by atoms with Crippen LogP contribution in [0.5, 0.6) is 0 Å². The van der Waals surface area contributed by atoms with Crippen LogP contribution in [0.15, 0.2) is 41.8 Å². The van der Waals surface area contributed by atoms with Crippen LogP contribution in [0.3, 0.4) is 0 Å². The van der Waals surface area contributed by atoms with Gasteiger partial charge in [0.25, 0.3) is 0 Å². The second kappa shape index (κ2) is 7.28. The number of carbonyl (C=O) groups is 1. The molecule has 2 atom stereocenters. The average molecular weight is 328 g/mol. The third-order valence-corrected chi connectivity index (χ3v) is 5.36. The van der Waals surface area contributed by atoms with Gasteiger partial charge in [-0.3, -0.25) is 10.1 Å². The summed E-state index contributed by atoms with van der Waals surface area (Å²) in [5.74, 6) is 0.766. The Labute approximate surface area is 142 Å². The first-order valence-corrected chi connectivity index (χ1v) is 9.14. The largest absolute Gasteiger partial charge is 0.352 e. The van der Waals surface area contributed by atoms with E-state index in [0.29, 0.717) is 18.5 Å². The number of carbonyl (C=O) groups excluding carboxylic acids is 1. The quantitative estimate of drug-likeness (QED) is 0.814. The number of hydrogen-bond donors (Lipinski definition) is 2. The predicted molar refractivity (Wildman–Crippen MR) is 95.7 cm³/mol. The van der Waals surface area contributed by atoms with E-state index in [9.17, 15) is 4.79 Å². The van der Waals surface area contributed by atoms with Crippen LogP contribution in [0.4, 0.5) is 0 Å². The number of aryl methyl sites for hydroxylation is 1. The minimum absolute atomic E-state index is 0.0672. The highest BCUT2D eigenvalue weighted by molar-refractivity contribution is 7.10. The Morgan fingerprint density at radius 1 is 1.26 bits per heavy atom. The van der Waals surface area contributed by atoms with Gasteiger partial charge in [0.15, 0.2) is 0 Å². The van der Waals surface area contributed by atoms with Crippen molar-refractivity contribution >= 4 is 17.2 Å². The zero-order chi connectivity index (χ0) is 16.2.